The number of pyridine rings is 1. The molecule has 0 saturated carbocycles. The molecule has 10 heteroatoms. The number of nitrogens with zero attached hydrogens (tertiary/aromatic N) is 6. The molecule has 8 nitrogen and oxygen atoms in total. The highest BCUT2D eigenvalue weighted by Crippen LogP contribution is 2.30. The molecule has 38 heavy (non-hydrogen) atoms. The normalized spacial score (nSPS) is 14.6. The fourth-order valence-corrected chi connectivity index (χ4v) is 5.22. The summed E-state index contributed by atoms with van der Waals surface area (Å²) in [5.74, 6) is 3.40. The maximum Gasteiger partial charge on any atom is 0.227 e. The van der Waals surface area contributed by atoms with E-state index in [1.165, 1.54) is 0 Å². The molecule has 0 bridgehead atoms. The van der Waals surface area contributed by atoms with Crippen LogP contribution >= 0.6 is 23.2 Å². The number of nitrogens with one attached hydrogen (secondary N) is 1. The first-order valence-corrected chi connectivity index (χ1v) is 13.9. The van der Waals surface area contributed by atoms with Gasteiger partial charge in [0.2, 0.25) is 5.89 Å². The molecule has 0 spiro atoms. The Labute approximate surface area is 231 Å². The van der Waals surface area contributed by atoms with E-state index in [-0.39, 0.29) is 0 Å². The summed E-state index contributed by atoms with van der Waals surface area (Å²) in [4.78, 5) is 24.5. The average Bonchev–Trinajstić information content (AvgIpc) is 3.57. The van der Waals surface area contributed by atoms with Gasteiger partial charge in [0.05, 0.1) is 5.52 Å². The van der Waals surface area contributed by atoms with Crippen LogP contribution in [0.3, 0.4) is 0 Å². The van der Waals surface area contributed by atoms with E-state index in [0.717, 1.165) is 78.8 Å². The Morgan fingerprint density at radius 3 is 2.34 bits per heavy atom. The van der Waals surface area contributed by atoms with E-state index in [1.54, 1.807) is 0 Å². The number of piperazine rings is 1. The maximum absolute atomic E-state index is 6.16. The quantitative estimate of drug-likeness (QED) is 0.257. The van der Waals surface area contributed by atoms with Gasteiger partial charge in [0.1, 0.15) is 17.2 Å². The molecule has 3 aromatic heterocycles. The summed E-state index contributed by atoms with van der Waals surface area (Å²) in [5.41, 5.74) is 6.04. The molecule has 0 unspecified atom stereocenters. The van der Waals surface area contributed by atoms with Crippen LogP contribution in [0, 0.1) is 0 Å². The number of hydrogen-bond donors (Lipinski definition) is 1. The summed E-state index contributed by atoms with van der Waals surface area (Å²) in [5, 5.41) is 0. The van der Waals surface area contributed by atoms with E-state index in [1.807, 2.05) is 42.5 Å². The van der Waals surface area contributed by atoms with Gasteiger partial charge < -0.3 is 24.1 Å². The molecule has 2 aromatic carbocycles. The highest BCUT2D eigenvalue weighted by Gasteiger charge is 2.17. The van der Waals surface area contributed by atoms with Crippen LogP contribution in [-0.4, -0.2) is 82.9 Å². The molecule has 6 rings (SSSR count). The Kier molecular flexibility index (Phi) is 7.10. The lowest BCUT2D eigenvalue weighted by Crippen LogP contribution is -2.44. The summed E-state index contributed by atoms with van der Waals surface area (Å²) in [6.07, 6.45) is 0. The van der Waals surface area contributed by atoms with Gasteiger partial charge in [0.25, 0.3) is 0 Å². The van der Waals surface area contributed by atoms with Gasteiger partial charge in [-0.2, -0.15) is 0 Å². The van der Waals surface area contributed by atoms with Gasteiger partial charge in [0, 0.05) is 67.8 Å². The van der Waals surface area contributed by atoms with Gasteiger partial charge in [-0.1, -0.05) is 0 Å². The Bertz CT molecular complexity index is 1530. The van der Waals surface area contributed by atoms with Crippen molar-refractivity contribution in [3.05, 3.63) is 54.6 Å². The van der Waals surface area contributed by atoms with Crippen molar-refractivity contribution in [3.8, 4) is 22.8 Å². The number of rotatable bonds is 8. The van der Waals surface area contributed by atoms with Crippen LogP contribution < -0.4 is 9.80 Å². The number of benzene rings is 2. The number of aromatic amines is 1. The standard InChI is InChI=1S/C28H29Cl2N7O/c1-35-14-16-37(17-15-35)25-9-8-23-27(33-25)34-26(31-23)20-4-7-22-24(18-20)38-28(32-22)19-2-5-21(6-3-19)36(12-10-29)13-11-30/h2-9,18H,10-17H2,1H3,(H,31,33,34). The zero-order valence-electron chi connectivity index (χ0n) is 21.2. The van der Waals surface area contributed by atoms with Crippen LogP contribution in [0.4, 0.5) is 11.5 Å². The zero-order valence-corrected chi connectivity index (χ0v) is 22.7. The Balaban J connectivity index is 1.24. The highest BCUT2D eigenvalue weighted by atomic mass is 35.5. The number of H-pyrrole nitrogens is 1. The molecule has 0 atom stereocenters. The van der Waals surface area contributed by atoms with Crippen molar-refractivity contribution in [1.29, 1.82) is 0 Å². The largest absolute Gasteiger partial charge is 0.436 e. The topological polar surface area (TPSA) is 77.3 Å². The third-order valence-corrected chi connectivity index (χ3v) is 7.35. The van der Waals surface area contributed by atoms with Gasteiger partial charge in [-0.25, -0.2) is 15.0 Å². The monoisotopic (exact) mass is 549 g/mol. The summed E-state index contributed by atoms with van der Waals surface area (Å²) >= 11 is 11.9. The van der Waals surface area contributed by atoms with Crippen molar-refractivity contribution in [1.82, 2.24) is 24.8 Å². The second-order valence-electron chi connectivity index (χ2n) is 9.53. The lowest BCUT2D eigenvalue weighted by atomic mass is 10.2. The predicted molar refractivity (Wildman–Crippen MR) is 156 cm³/mol. The summed E-state index contributed by atoms with van der Waals surface area (Å²) in [7, 11) is 2.15. The molecule has 1 aliphatic rings. The molecule has 196 valence electrons. The molecule has 0 aliphatic carbocycles. The summed E-state index contributed by atoms with van der Waals surface area (Å²) < 4.78 is 6.16. The van der Waals surface area contributed by atoms with Crippen molar-refractivity contribution < 1.29 is 4.42 Å². The van der Waals surface area contributed by atoms with Gasteiger partial charge in [-0.05, 0) is 61.6 Å². The van der Waals surface area contributed by atoms with Crippen LogP contribution in [0.25, 0.3) is 45.1 Å². The molecule has 1 saturated heterocycles. The smallest absolute Gasteiger partial charge is 0.227 e. The number of likely N-dealkylation sites (N-methyl/N-ethyl adjacent to an activating group) is 1. The number of hydrogen-bond acceptors (Lipinski definition) is 7. The summed E-state index contributed by atoms with van der Waals surface area (Å²) in [6.45, 7) is 5.50. The van der Waals surface area contributed by atoms with E-state index >= 15 is 0 Å². The minimum atomic E-state index is 0.546. The van der Waals surface area contributed by atoms with Gasteiger partial charge in [-0.3, -0.25) is 0 Å². The Morgan fingerprint density at radius 2 is 1.61 bits per heavy atom. The first-order chi connectivity index (χ1) is 18.6. The van der Waals surface area contributed by atoms with E-state index in [4.69, 9.17) is 42.6 Å². The van der Waals surface area contributed by atoms with Crippen molar-refractivity contribution in [2.45, 2.75) is 0 Å². The molecular weight excluding hydrogens is 521 g/mol. The van der Waals surface area contributed by atoms with Crippen molar-refractivity contribution in [2.75, 3.05) is 67.9 Å². The van der Waals surface area contributed by atoms with Gasteiger partial charge in [0.15, 0.2) is 11.2 Å². The second kappa shape index (κ2) is 10.8. The molecule has 0 amide bonds. The highest BCUT2D eigenvalue weighted by molar-refractivity contribution is 6.18. The number of imidazole rings is 1. The van der Waals surface area contributed by atoms with Crippen molar-refractivity contribution in [2.24, 2.45) is 0 Å². The van der Waals surface area contributed by atoms with Crippen LogP contribution in [0.15, 0.2) is 59.0 Å². The van der Waals surface area contributed by atoms with Gasteiger partial charge in [-0.15, -0.1) is 23.2 Å². The third-order valence-electron chi connectivity index (χ3n) is 7.01. The molecule has 5 aromatic rings. The SMILES string of the molecule is CN1CCN(c2ccc3[nH]c(-c4ccc5nc(-c6ccc(N(CCCl)CCCl)cc6)oc5c4)nc3n2)CC1. The molecule has 0 radical (unpaired) electrons. The van der Waals surface area contributed by atoms with Crippen LogP contribution in [0.5, 0.6) is 0 Å². The van der Waals surface area contributed by atoms with Crippen LogP contribution in [-0.2, 0) is 0 Å². The first kappa shape index (κ1) is 25.0. The van der Waals surface area contributed by atoms with Crippen molar-refractivity contribution in [3.63, 3.8) is 0 Å². The summed E-state index contributed by atoms with van der Waals surface area (Å²) in [6, 6.07) is 18.2. The number of fused-ring (bicyclic) bond motifs is 2. The lowest BCUT2D eigenvalue weighted by Gasteiger charge is -2.33. The number of halogens is 2. The molecule has 1 N–H and O–H groups in total. The molecule has 4 heterocycles. The van der Waals surface area contributed by atoms with Gasteiger partial charge >= 0.3 is 0 Å². The van der Waals surface area contributed by atoms with E-state index in [2.05, 4.69) is 38.9 Å². The van der Waals surface area contributed by atoms with E-state index in [9.17, 15) is 0 Å². The van der Waals surface area contributed by atoms with Crippen LogP contribution in [0.1, 0.15) is 0 Å². The minimum Gasteiger partial charge on any atom is -0.436 e. The maximum atomic E-state index is 6.16. The molecule has 1 fully saturated rings. The van der Waals surface area contributed by atoms with E-state index < -0.39 is 0 Å². The predicted octanol–water partition coefficient (Wildman–Crippen LogP) is 5.47. The van der Waals surface area contributed by atoms with Crippen LogP contribution in [0.2, 0.25) is 0 Å². The second-order valence-corrected chi connectivity index (χ2v) is 10.3. The fraction of sp³-hybridized carbons (Fsp3) is 0.321. The molecular formula is C28H29Cl2N7O. The number of aromatic nitrogens is 4. The number of oxazole rings is 1. The zero-order chi connectivity index (χ0) is 26.1. The first-order valence-electron chi connectivity index (χ1n) is 12.8. The number of alkyl halides is 2. The third kappa shape index (κ3) is 5.04. The Hall–Kier alpha value is -3.33. The fourth-order valence-electron chi connectivity index (χ4n) is 4.82. The minimum absolute atomic E-state index is 0.546. The van der Waals surface area contributed by atoms with Crippen molar-refractivity contribution >= 4 is 57.0 Å². The van der Waals surface area contributed by atoms with E-state index in [0.29, 0.717) is 28.9 Å². The average molecular weight is 550 g/mol. The Morgan fingerprint density at radius 1 is 0.868 bits per heavy atom. The number of anilines is 2. The lowest BCUT2D eigenvalue weighted by molar-refractivity contribution is 0.312. The molecule has 1 aliphatic heterocycles.